The van der Waals surface area contributed by atoms with Gasteiger partial charge in [0.2, 0.25) is 0 Å². The average Bonchev–Trinajstić information content (AvgIpc) is 3.12. The van der Waals surface area contributed by atoms with Crippen molar-refractivity contribution in [3.63, 3.8) is 0 Å². The van der Waals surface area contributed by atoms with Gasteiger partial charge in [-0.15, -0.1) is 0 Å². The molecule has 4 rings (SSSR count). The number of carbonyl (C=O) groups is 2. The minimum absolute atomic E-state index is 0.0370. The molecule has 1 aromatic heterocycles. The molecule has 2 aromatic rings. The van der Waals surface area contributed by atoms with Crippen molar-refractivity contribution >= 4 is 17.8 Å². The summed E-state index contributed by atoms with van der Waals surface area (Å²) in [6.07, 6.45) is 3.18. The zero-order chi connectivity index (χ0) is 25.2. The summed E-state index contributed by atoms with van der Waals surface area (Å²) in [5.74, 6) is -0.537. The zero-order valence-electron chi connectivity index (χ0n) is 20.3. The van der Waals surface area contributed by atoms with Crippen molar-refractivity contribution in [3.05, 3.63) is 47.5 Å². The Morgan fingerprint density at radius 2 is 1.91 bits per heavy atom. The van der Waals surface area contributed by atoms with E-state index in [-0.39, 0.29) is 24.4 Å². The number of ether oxygens (including phenoxy) is 2. The molecule has 0 aliphatic carbocycles. The Hall–Kier alpha value is -3.24. The zero-order valence-corrected chi connectivity index (χ0v) is 20.3. The Morgan fingerprint density at radius 1 is 1.20 bits per heavy atom. The summed E-state index contributed by atoms with van der Waals surface area (Å²) >= 11 is 0. The molecule has 2 bridgehead atoms. The monoisotopic (exact) mass is 485 g/mol. The molecule has 188 valence electrons. The van der Waals surface area contributed by atoms with Crippen LogP contribution in [0.2, 0.25) is 0 Å². The van der Waals surface area contributed by atoms with E-state index in [2.05, 4.69) is 20.5 Å². The van der Waals surface area contributed by atoms with E-state index in [1.165, 1.54) is 6.07 Å². The van der Waals surface area contributed by atoms with E-state index < -0.39 is 23.5 Å². The Morgan fingerprint density at radius 3 is 2.57 bits per heavy atom. The first-order chi connectivity index (χ1) is 16.6. The molecular weight excluding hydrogens is 453 g/mol. The van der Waals surface area contributed by atoms with Crippen LogP contribution in [0.15, 0.2) is 30.5 Å². The molecular formula is C25H32FN5O4. The van der Waals surface area contributed by atoms with Gasteiger partial charge in [-0.2, -0.15) is 0 Å². The van der Waals surface area contributed by atoms with Crippen LogP contribution in [0.25, 0.3) is 11.1 Å². The third-order valence-corrected chi connectivity index (χ3v) is 5.99. The number of nitrogens with two attached hydrogens (primary N) is 1. The van der Waals surface area contributed by atoms with Gasteiger partial charge in [-0.3, -0.25) is 15.2 Å². The third kappa shape index (κ3) is 6.26. The highest BCUT2D eigenvalue weighted by atomic mass is 19.1. The number of aromatic nitrogens is 1. The molecule has 2 atom stereocenters. The number of halogens is 1. The number of pyridine rings is 1. The third-order valence-electron chi connectivity index (χ3n) is 5.99. The van der Waals surface area contributed by atoms with Crippen LogP contribution in [0.5, 0.6) is 0 Å². The number of hydrogen-bond acceptors (Lipinski definition) is 6. The summed E-state index contributed by atoms with van der Waals surface area (Å²) in [6, 6.07) is 6.18. The molecule has 2 fully saturated rings. The number of carbonyl (C=O) groups excluding carboxylic acids is 2. The van der Waals surface area contributed by atoms with Crippen molar-refractivity contribution in [2.45, 2.75) is 64.5 Å². The molecule has 4 N–H and O–H groups in total. The second-order valence-corrected chi connectivity index (χ2v) is 9.95. The van der Waals surface area contributed by atoms with Gasteiger partial charge in [0.15, 0.2) is 5.82 Å². The van der Waals surface area contributed by atoms with Crippen molar-refractivity contribution in [1.29, 1.82) is 0 Å². The first-order valence-corrected chi connectivity index (χ1v) is 11.8. The first kappa shape index (κ1) is 24.9. The Bertz CT molecular complexity index is 1090. The molecule has 3 heterocycles. The maximum absolute atomic E-state index is 16.0. The van der Waals surface area contributed by atoms with Crippen LogP contribution in [0, 0.1) is 5.82 Å². The van der Waals surface area contributed by atoms with E-state index in [1.54, 1.807) is 39.1 Å². The van der Waals surface area contributed by atoms with Gasteiger partial charge >= 0.3 is 12.1 Å². The number of benzene rings is 1. The van der Waals surface area contributed by atoms with Crippen LogP contribution in [-0.4, -0.2) is 52.9 Å². The van der Waals surface area contributed by atoms with E-state index in [0.717, 1.165) is 12.8 Å². The van der Waals surface area contributed by atoms with Crippen molar-refractivity contribution in [2.24, 2.45) is 5.73 Å². The Balaban J connectivity index is 1.70. The van der Waals surface area contributed by atoms with Gasteiger partial charge in [0.1, 0.15) is 5.60 Å². The maximum atomic E-state index is 16.0. The summed E-state index contributed by atoms with van der Waals surface area (Å²) in [6.45, 7) is 7.09. The number of nitrogens with zero attached hydrogens (tertiary/aromatic N) is 2. The van der Waals surface area contributed by atoms with Crippen molar-refractivity contribution in [1.82, 2.24) is 15.2 Å². The molecule has 1 aromatic carbocycles. The lowest BCUT2D eigenvalue weighted by molar-refractivity contribution is -0.0412. The number of hydrogen-bond donors (Lipinski definition) is 3. The maximum Gasteiger partial charge on any atom is 0.412 e. The summed E-state index contributed by atoms with van der Waals surface area (Å²) in [5.41, 5.74) is 6.85. The minimum Gasteiger partial charge on any atom is -0.444 e. The van der Waals surface area contributed by atoms with E-state index in [9.17, 15) is 9.59 Å². The normalized spacial score (nSPS) is 19.9. The number of likely N-dealkylation sites (tertiary alicyclic amines) is 1. The van der Waals surface area contributed by atoms with Gasteiger partial charge in [-0.05, 0) is 51.3 Å². The number of anilines is 1. The summed E-state index contributed by atoms with van der Waals surface area (Å²) < 4.78 is 27.2. The first-order valence-electron chi connectivity index (χ1n) is 11.8. The fraction of sp³-hybridized carbons (Fsp3) is 0.480. The van der Waals surface area contributed by atoms with Gasteiger partial charge < -0.3 is 20.5 Å². The van der Waals surface area contributed by atoms with Crippen molar-refractivity contribution in [2.75, 3.05) is 18.4 Å². The van der Waals surface area contributed by atoms with Crippen LogP contribution in [-0.2, 0) is 22.6 Å². The average molecular weight is 486 g/mol. The molecule has 0 spiro atoms. The lowest BCUT2D eigenvalue weighted by Gasteiger charge is -2.33. The second-order valence-electron chi connectivity index (χ2n) is 9.95. The fourth-order valence-corrected chi connectivity index (χ4v) is 4.59. The van der Waals surface area contributed by atoms with Crippen LogP contribution in [0.4, 0.5) is 19.7 Å². The number of morpholine rings is 1. The molecule has 35 heavy (non-hydrogen) atoms. The number of nitrogens with one attached hydrogen (secondary N) is 2. The van der Waals surface area contributed by atoms with Crippen LogP contribution < -0.4 is 16.4 Å². The van der Waals surface area contributed by atoms with Crippen LogP contribution in [0.3, 0.4) is 0 Å². The molecule has 2 saturated heterocycles. The van der Waals surface area contributed by atoms with Gasteiger partial charge in [-0.25, -0.2) is 14.0 Å². The SMILES string of the molecule is CC(C)(C)OC(=O)Nc1ccc(-c2cccnc2CNC(N)=O)c(CN2CC3CCC(C2)O3)c1F. The highest BCUT2D eigenvalue weighted by Gasteiger charge is 2.34. The summed E-state index contributed by atoms with van der Waals surface area (Å²) in [7, 11) is 0. The molecule has 10 heteroatoms. The number of amides is 3. The molecule has 2 unspecified atom stereocenters. The van der Waals surface area contributed by atoms with Crippen LogP contribution >= 0.6 is 0 Å². The smallest absolute Gasteiger partial charge is 0.412 e. The van der Waals surface area contributed by atoms with Gasteiger partial charge in [0.25, 0.3) is 0 Å². The van der Waals surface area contributed by atoms with Crippen molar-refractivity contribution < 1.29 is 23.5 Å². The highest BCUT2D eigenvalue weighted by Crippen LogP contribution is 2.35. The van der Waals surface area contributed by atoms with Gasteiger partial charge in [0.05, 0.1) is 30.1 Å². The quantitative estimate of drug-likeness (QED) is 0.573. The Labute approximate surface area is 204 Å². The highest BCUT2D eigenvalue weighted by molar-refractivity contribution is 5.86. The molecule has 3 amide bonds. The predicted molar refractivity (Wildman–Crippen MR) is 129 cm³/mol. The molecule has 2 aliphatic rings. The van der Waals surface area contributed by atoms with Crippen molar-refractivity contribution in [3.8, 4) is 11.1 Å². The number of fused-ring (bicyclic) bond motifs is 2. The van der Waals surface area contributed by atoms with E-state index in [0.29, 0.717) is 42.0 Å². The Kier molecular flexibility index (Phi) is 7.23. The standard InChI is InChI=1S/C25H32FN5O4/c1-25(2,3)35-24(33)30-20-9-8-17(18-5-4-10-28-21(18)11-29-23(27)32)19(22(20)26)14-31-12-15-6-7-16(13-31)34-15/h4-5,8-10,15-16H,6-7,11-14H2,1-3H3,(H,30,33)(H3,27,29,32). The predicted octanol–water partition coefficient (Wildman–Crippen LogP) is 3.77. The molecule has 2 aliphatic heterocycles. The number of primary amides is 1. The largest absolute Gasteiger partial charge is 0.444 e. The number of rotatable bonds is 6. The fourth-order valence-electron chi connectivity index (χ4n) is 4.59. The topological polar surface area (TPSA) is 119 Å². The van der Waals surface area contributed by atoms with Crippen LogP contribution in [0.1, 0.15) is 44.9 Å². The summed E-state index contributed by atoms with van der Waals surface area (Å²) in [4.78, 5) is 30.2. The van der Waals surface area contributed by atoms with Gasteiger partial charge in [-0.1, -0.05) is 12.1 Å². The molecule has 0 radical (unpaired) electrons. The second kappa shape index (κ2) is 10.2. The van der Waals surface area contributed by atoms with Gasteiger partial charge in [0, 0.05) is 37.0 Å². The van der Waals surface area contributed by atoms with E-state index >= 15 is 4.39 Å². The lowest BCUT2D eigenvalue weighted by Crippen LogP contribution is -2.42. The van der Waals surface area contributed by atoms with E-state index in [4.69, 9.17) is 15.2 Å². The van der Waals surface area contributed by atoms with E-state index in [1.807, 2.05) is 6.07 Å². The minimum atomic E-state index is -0.729. The lowest BCUT2D eigenvalue weighted by atomic mass is 9.96. The molecule has 9 nitrogen and oxygen atoms in total. The number of urea groups is 1. The molecule has 0 saturated carbocycles. The summed E-state index contributed by atoms with van der Waals surface area (Å²) in [5, 5.41) is 5.09.